The Balaban J connectivity index is 1.73. The molecule has 0 bridgehead atoms. The molecule has 0 N–H and O–H groups in total. The third-order valence-corrected chi connectivity index (χ3v) is 9.26. The van der Waals surface area contributed by atoms with Gasteiger partial charge in [0, 0.05) is 45.4 Å². The molecule has 2 saturated heterocycles. The average molecular weight is 475 g/mol. The van der Waals surface area contributed by atoms with Gasteiger partial charge >= 0.3 is 0 Å². The van der Waals surface area contributed by atoms with Crippen LogP contribution in [0.1, 0.15) is 57.6 Å². The van der Waals surface area contributed by atoms with Crippen molar-refractivity contribution in [1.82, 2.24) is 9.21 Å². The smallest absolute Gasteiger partial charge is 0.221 e. The minimum Gasteiger partial charge on any atom is -0.343 e. The van der Waals surface area contributed by atoms with Crippen LogP contribution in [0.2, 0.25) is 0 Å². The summed E-state index contributed by atoms with van der Waals surface area (Å²) in [5.41, 5.74) is 0.549. The topological polar surface area (TPSA) is 57.7 Å². The van der Waals surface area contributed by atoms with E-state index in [-0.39, 0.29) is 31.3 Å². The fraction of sp³-hybridized carbons (Fsp3) is 0.500. The van der Waals surface area contributed by atoms with Crippen LogP contribution in [-0.2, 0) is 27.0 Å². The monoisotopic (exact) mass is 474 g/mol. The molecule has 180 valence electrons. The highest BCUT2D eigenvalue weighted by atomic mass is 32.2. The first-order chi connectivity index (χ1) is 15.6. The number of hydrogen-bond acceptors (Lipinski definition) is 3. The summed E-state index contributed by atoms with van der Waals surface area (Å²) in [7, 11) is -3.56. The zero-order chi connectivity index (χ0) is 24.2. The van der Waals surface area contributed by atoms with Crippen LogP contribution in [0.5, 0.6) is 0 Å². The number of allylic oxidation sites excluding steroid dienone is 4. The fourth-order valence-corrected chi connectivity index (χ4v) is 6.83. The van der Waals surface area contributed by atoms with Gasteiger partial charge in [-0.3, -0.25) is 4.79 Å². The molecule has 0 aromatic heterocycles. The van der Waals surface area contributed by atoms with E-state index in [1.165, 1.54) is 6.92 Å². The van der Waals surface area contributed by atoms with E-state index in [2.05, 4.69) is 6.58 Å². The van der Waals surface area contributed by atoms with Crippen molar-refractivity contribution >= 4 is 15.9 Å². The summed E-state index contributed by atoms with van der Waals surface area (Å²) >= 11 is 0. The zero-order valence-electron chi connectivity index (χ0n) is 19.8. The van der Waals surface area contributed by atoms with E-state index in [1.807, 2.05) is 44.2 Å². The lowest BCUT2D eigenvalue weighted by Gasteiger charge is -2.38. The fourth-order valence-electron chi connectivity index (χ4n) is 4.67. The number of amides is 1. The number of piperidine rings is 1. The van der Waals surface area contributed by atoms with Gasteiger partial charge in [0.2, 0.25) is 15.9 Å². The van der Waals surface area contributed by atoms with Gasteiger partial charge in [-0.15, -0.1) is 0 Å². The van der Waals surface area contributed by atoms with Crippen molar-refractivity contribution in [2.75, 3.05) is 13.1 Å². The third-order valence-electron chi connectivity index (χ3n) is 6.86. The molecule has 1 aromatic carbocycles. The number of carbonyl (C=O) groups excluding carboxylic acids is 1. The van der Waals surface area contributed by atoms with E-state index in [0.717, 1.165) is 12.0 Å². The van der Waals surface area contributed by atoms with Gasteiger partial charge in [-0.2, -0.15) is 4.31 Å². The number of likely N-dealkylation sites (tertiary alicyclic amines) is 1. The molecule has 0 aliphatic carbocycles. The summed E-state index contributed by atoms with van der Waals surface area (Å²) in [6.07, 6.45) is 9.17. The van der Waals surface area contributed by atoms with Crippen molar-refractivity contribution in [3.63, 3.8) is 0 Å². The van der Waals surface area contributed by atoms with Gasteiger partial charge < -0.3 is 4.90 Å². The molecule has 2 aliphatic heterocycles. The summed E-state index contributed by atoms with van der Waals surface area (Å²) in [5, 5.41) is -0.630. The summed E-state index contributed by atoms with van der Waals surface area (Å²) < 4.78 is 43.8. The van der Waals surface area contributed by atoms with Crippen LogP contribution in [0.25, 0.3) is 0 Å². The maximum absolute atomic E-state index is 15.5. The standard InChI is InChI=1S/C26H35FN2O3S/c1-5-6-7-8-20(2)25-14-9-21(3)29(33(25,31)32)19-23-10-12-24(13-11-23)26(27)15-17-28(18-16-26)22(4)30/h5-8,10-13,21,25H,2,9,14-19H2,1,3-4H3/b6-5-,8-7-/t21-,25+/m0/s1. The van der Waals surface area contributed by atoms with Crippen molar-refractivity contribution < 1.29 is 17.6 Å². The molecule has 0 radical (unpaired) electrons. The molecule has 1 amide bonds. The molecule has 2 heterocycles. The third kappa shape index (κ3) is 5.64. The second kappa shape index (κ2) is 10.3. The number of nitrogens with zero attached hydrogens (tertiary/aromatic N) is 2. The largest absolute Gasteiger partial charge is 0.343 e. The Morgan fingerprint density at radius 3 is 2.39 bits per heavy atom. The number of carbonyl (C=O) groups is 1. The number of hydrogen-bond donors (Lipinski definition) is 0. The molecule has 0 spiro atoms. The summed E-state index contributed by atoms with van der Waals surface area (Å²) in [6, 6.07) is 7.05. The van der Waals surface area contributed by atoms with Crippen molar-refractivity contribution in [3.05, 3.63) is 71.8 Å². The first-order valence-electron chi connectivity index (χ1n) is 11.6. The minimum absolute atomic E-state index is 0.0254. The van der Waals surface area contributed by atoms with Crippen molar-refractivity contribution in [1.29, 1.82) is 0 Å². The van der Waals surface area contributed by atoms with Crippen molar-refractivity contribution in [2.24, 2.45) is 0 Å². The second-order valence-corrected chi connectivity index (χ2v) is 11.2. The maximum Gasteiger partial charge on any atom is 0.221 e. The van der Waals surface area contributed by atoms with Gasteiger partial charge in [0.05, 0.1) is 0 Å². The first kappa shape index (κ1) is 25.4. The SMILES string of the molecule is C=C(/C=C\C=C/C)[C@H]1CC[C@H](C)N(Cc2ccc(C3(F)CCN(C(C)=O)CC3)cc2)S1(=O)=O. The molecule has 0 unspecified atom stereocenters. The highest BCUT2D eigenvalue weighted by Gasteiger charge is 2.41. The first-order valence-corrected chi connectivity index (χ1v) is 13.1. The molecule has 33 heavy (non-hydrogen) atoms. The quantitative estimate of drug-likeness (QED) is 0.553. The van der Waals surface area contributed by atoms with Gasteiger partial charge in [-0.05, 0) is 43.4 Å². The summed E-state index contributed by atoms with van der Waals surface area (Å²) in [6.45, 7) is 10.4. The van der Waals surface area contributed by atoms with Crippen LogP contribution in [0.4, 0.5) is 4.39 Å². The summed E-state index contributed by atoms with van der Waals surface area (Å²) in [4.78, 5) is 13.2. The number of sulfonamides is 1. The van der Waals surface area contributed by atoms with E-state index in [0.29, 0.717) is 30.6 Å². The molecule has 2 atom stereocenters. The Labute approximate surface area is 197 Å². The number of alkyl halides is 1. The lowest BCUT2D eigenvalue weighted by atomic mass is 9.86. The highest BCUT2D eigenvalue weighted by Crippen LogP contribution is 2.37. The van der Waals surface area contributed by atoms with Gasteiger partial charge in [0.1, 0.15) is 10.9 Å². The predicted octanol–water partition coefficient (Wildman–Crippen LogP) is 4.86. The second-order valence-electron chi connectivity index (χ2n) is 9.13. The van der Waals surface area contributed by atoms with Crippen LogP contribution in [0.3, 0.4) is 0 Å². The Bertz CT molecular complexity index is 1020. The van der Waals surface area contributed by atoms with Crippen molar-refractivity contribution in [2.45, 2.75) is 70.0 Å². The lowest BCUT2D eigenvalue weighted by molar-refractivity contribution is -0.131. The Hall–Kier alpha value is -2.25. The predicted molar refractivity (Wildman–Crippen MR) is 131 cm³/mol. The zero-order valence-corrected chi connectivity index (χ0v) is 20.7. The Morgan fingerprint density at radius 1 is 1.18 bits per heavy atom. The van der Waals surface area contributed by atoms with E-state index in [4.69, 9.17) is 0 Å². The molecule has 5 nitrogen and oxygen atoms in total. The Kier molecular flexibility index (Phi) is 7.96. The van der Waals surface area contributed by atoms with Gasteiger partial charge in [0.15, 0.2) is 0 Å². The molecule has 7 heteroatoms. The minimum atomic E-state index is -3.56. The lowest BCUT2D eigenvalue weighted by Crippen LogP contribution is -2.48. The van der Waals surface area contributed by atoms with Crippen molar-refractivity contribution in [3.8, 4) is 0 Å². The van der Waals surface area contributed by atoms with Crippen LogP contribution < -0.4 is 0 Å². The van der Waals surface area contributed by atoms with Crippen LogP contribution >= 0.6 is 0 Å². The van der Waals surface area contributed by atoms with Gasteiger partial charge in [0.25, 0.3) is 0 Å². The van der Waals surface area contributed by atoms with Crippen LogP contribution in [0.15, 0.2) is 60.7 Å². The van der Waals surface area contributed by atoms with Gasteiger partial charge in [-0.1, -0.05) is 55.1 Å². The van der Waals surface area contributed by atoms with Crippen LogP contribution in [0, 0.1) is 0 Å². The molecule has 2 fully saturated rings. The molecular formula is C26H35FN2O3S. The normalized spacial score (nSPS) is 25.5. The van der Waals surface area contributed by atoms with E-state index >= 15 is 4.39 Å². The molecule has 1 aromatic rings. The number of halogens is 1. The number of rotatable bonds is 6. The van der Waals surface area contributed by atoms with E-state index in [9.17, 15) is 13.2 Å². The molecule has 3 rings (SSSR count). The van der Waals surface area contributed by atoms with Gasteiger partial charge in [-0.25, -0.2) is 12.8 Å². The maximum atomic E-state index is 15.5. The van der Waals surface area contributed by atoms with Crippen LogP contribution in [-0.4, -0.2) is 47.9 Å². The summed E-state index contributed by atoms with van der Waals surface area (Å²) in [5.74, 6) is -0.0254. The molecule has 2 aliphatic rings. The average Bonchev–Trinajstić information content (AvgIpc) is 2.77. The molecular weight excluding hydrogens is 439 g/mol. The Morgan fingerprint density at radius 2 is 1.82 bits per heavy atom. The van der Waals surface area contributed by atoms with E-state index in [1.54, 1.807) is 27.4 Å². The van der Waals surface area contributed by atoms with E-state index < -0.39 is 20.9 Å². The number of benzene rings is 1. The highest BCUT2D eigenvalue weighted by molar-refractivity contribution is 7.90. The molecule has 0 saturated carbocycles.